The smallest absolute Gasteiger partial charge is 0.363 e. The molecule has 0 spiro atoms. The van der Waals surface area contributed by atoms with Gasteiger partial charge in [0.25, 0.3) is 0 Å². The number of rotatable bonds is 2. The van der Waals surface area contributed by atoms with E-state index in [-0.39, 0.29) is 0 Å². The number of carbonyl (C=O) groups excluding carboxylic acids is 1. The maximum absolute atomic E-state index is 11.8. The zero-order chi connectivity index (χ0) is 13.9. The number of aryl methyl sites for hydroxylation is 1. The summed E-state index contributed by atoms with van der Waals surface area (Å²) in [6.07, 6.45) is 5.01. The summed E-state index contributed by atoms with van der Waals surface area (Å²) in [6.45, 7) is 2.00. The monoisotopic (exact) mass is 264 g/mol. The van der Waals surface area contributed by atoms with Gasteiger partial charge in [0, 0.05) is 18.0 Å². The Morgan fingerprint density at radius 2 is 1.75 bits per heavy atom. The van der Waals surface area contributed by atoms with Crippen molar-refractivity contribution in [2.24, 2.45) is 4.99 Å². The highest BCUT2D eigenvalue weighted by Gasteiger charge is 2.23. The van der Waals surface area contributed by atoms with Crippen LogP contribution in [0.1, 0.15) is 16.7 Å². The normalized spacial score (nSPS) is 16.1. The van der Waals surface area contributed by atoms with Crippen molar-refractivity contribution in [2.45, 2.75) is 6.92 Å². The highest BCUT2D eigenvalue weighted by molar-refractivity contribution is 6.12. The molecule has 4 heteroatoms. The van der Waals surface area contributed by atoms with Crippen molar-refractivity contribution in [3.8, 4) is 0 Å². The lowest BCUT2D eigenvalue weighted by molar-refractivity contribution is -0.129. The summed E-state index contributed by atoms with van der Waals surface area (Å²) in [4.78, 5) is 20.0. The molecule has 0 bridgehead atoms. The molecule has 0 fully saturated rings. The first-order valence-corrected chi connectivity index (χ1v) is 6.22. The Morgan fingerprint density at radius 1 is 1.05 bits per heavy atom. The number of ether oxygens (including phenoxy) is 1. The SMILES string of the molecule is Cc1ccc(C2=N/C(=C\c3ccncc3)C(=O)O2)cc1. The van der Waals surface area contributed by atoms with Crippen LogP contribution in [0.3, 0.4) is 0 Å². The van der Waals surface area contributed by atoms with Crippen LogP contribution in [-0.2, 0) is 9.53 Å². The first kappa shape index (κ1) is 12.3. The predicted molar refractivity (Wildman–Crippen MR) is 76.0 cm³/mol. The summed E-state index contributed by atoms with van der Waals surface area (Å²) in [6, 6.07) is 11.3. The van der Waals surface area contributed by atoms with E-state index in [9.17, 15) is 4.79 Å². The Morgan fingerprint density at radius 3 is 2.45 bits per heavy atom. The van der Waals surface area contributed by atoms with Crippen LogP contribution in [0.4, 0.5) is 0 Å². The number of cyclic esters (lactones) is 1. The molecule has 2 aromatic rings. The van der Waals surface area contributed by atoms with Gasteiger partial charge in [0.2, 0.25) is 5.90 Å². The average molecular weight is 264 g/mol. The van der Waals surface area contributed by atoms with E-state index in [4.69, 9.17) is 4.74 Å². The Kier molecular flexibility index (Phi) is 3.13. The molecule has 3 rings (SSSR count). The number of aromatic nitrogens is 1. The van der Waals surface area contributed by atoms with E-state index in [1.165, 1.54) is 0 Å². The number of esters is 1. The molecule has 0 N–H and O–H groups in total. The minimum atomic E-state index is -0.433. The third kappa shape index (κ3) is 2.49. The molecule has 2 heterocycles. The third-order valence-electron chi connectivity index (χ3n) is 2.93. The van der Waals surface area contributed by atoms with Gasteiger partial charge < -0.3 is 4.74 Å². The van der Waals surface area contributed by atoms with Crippen LogP contribution in [0.2, 0.25) is 0 Å². The van der Waals surface area contributed by atoms with Crippen LogP contribution >= 0.6 is 0 Å². The lowest BCUT2D eigenvalue weighted by Crippen LogP contribution is -2.05. The van der Waals surface area contributed by atoms with Crippen LogP contribution in [0.15, 0.2) is 59.5 Å². The van der Waals surface area contributed by atoms with Gasteiger partial charge in [0.15, 0.2) is 5.70 Å². The molecule has 0 atom stereocenters. The fraction of sp³-hybridized carbons (Fsp3) is 0.0625. The van der Waals surface area contributed by atoms with Crippen LogP contribution < -0.4 is 0 Å². The lowest BCUT2D eigenvalue weighted by Gasteiger charge is -1.99. The number of benzene rings is 1. The van der Waals surface area contributed by atoms with E-state index < -0.39 is 5.97 Å². The second-order valence-corrected chi connectivity index (χ2v) is 4.48. The summed E-state index contributed by atoms with van der Waals surface area (Å²) >= 11 is 0. The molecule has 0 radical (unpaired) electrons. The van der Waals surface area contributed by atoms with Gasteiger partial charge in [-0.05, 0) is 42.8 Å². The molecule has 0 aliphatic carbocycles. The summed E-state index contributed by atoms with van der Waals surface area (Å²) in [7, 11) is 0. The van der Waals surface area contributed by atoms with Crippen molar-refractivity contribution in [3.63, 3.8) is 0 Å². The van der Waals surface area contributed by atoms with Gasteiger partial charge in [0.1, 0.15) is 0 Å². The van der Waals surface area contributed by atoms with Gasteiger partial charge >= 0.3 is 5.97 Å². The molecule has 1 aromatic heterocycles. The van der Waals surface area contributed by atoms with Crippen molar-refractivity contribution in [1.29, 1.82) is 0 Å². The minimum Gasteiger partial charge on any atom is -0.402 e. The zero-order valence-corrected chi connectivity index (χ0v) is 10.9. The van der Waals surface area contributed by atoms with Crippen molar-refractivity contribution in [1.82, 2.24) is 4.98 Å². The summed E-state index contributed by atoms with van der Waals surface area (Å²) in [5.41, 5.74) is 3.10. The van der Waals surface area contributed by atoms with E-state index in [0.717, 1.165) is 16.7 Å². The molecular weight excluding hydrogens is 252 g/mol. The van der Waals surface area contributed by atoms with E-state index in [0.29, 0.717) is 11.6 Å². The van der Waals surface area contributed by atoms with Crippen molar-refractivity contribution >= 4 is 17.9 Å². The largest absolute Gasteiger partial charge is 0.402 e. The third-order valence-corrected chi connectivity index (χ3v) is 2.93. The maximum atomic E-state index is 11.8. The molecule has 0 amide bonds. The summed E-state index contributed by atoms with van der Waals surface area (Å²) < 4.78 is 5.20. The maximum Gasteiger partial charge on any atom is 0.363 e. The fourth-order valence-corrected chi connectivity index (χ4v) is 1.85. The second kappa shape index (κ2) is 5.09. The summed E-state index contributed by atoms with van der Waals surface area (Å²) in [5.74, 6) is -0.0901. The quantitative estimate of drug-likeness (QED) is 0.619. The van der Waals surface area contributed by atoms with Crippen molar-refractivity contribution in [3.05, 3.63) is 71.2 Å². The Labute approximate surface area is 116 Å². The number of aliphatic imine (C=N–C) groups is 1. The van der Waals surface area contributed by atoms with Crippen LogP contribution in [0.5, 0.6) is 0 Å². The van der Waals surface area contributed by atoms with Crippen molar-refractivity contribution in [2.75, 3.05) is 0 Å². The molecule has 0 unspecified atom stereocenters. The molecule has 1 aliphatic heterocycles. The average Bonchev–Trinajstić information content (AvgIpc) is 2.82. The molecular formula is C16H12N2O2. The molecule has 4 nitrogen and oxygen atoms in total. The van der Waals surface area contributed by atoms with E-state index in [2.05, 4.69) is 9.98 Å². The number of hydrogen-bond donors (Lipinski definition) is 0. The van der Waals surface area contributed by atoms with Crippen LogP contribution in [0.25, 0.3) is 6.08 Å². The molecule has 98 valence electrons. The standard InChI is InChI=1S/C16H12N2O2/c1-11-2-4-13(5-3-11)15-18-14(16(19)20-15)10-12-6-8-17-9-7-12/h2-10H,1H3/b14-10-. The molecule has 20 heavy (non-hydrogen) atoms. The van der Waals surface area contributed by atoms with Gasteiger partial charge in [-0.15, -0.1) is 0 Å². The van der Waals surface area contributed by atoms with Crippen molar-refractivity contribution < 1.29 is 9.53 Å². The number of nitrogens with zero attached hydrogens (tertiary/aromatic N) is 2. The topological polar surface area (TPSA) is 51.5 Å². The minimum absolute atomic E-state index is 0.298. The molecule has 1 aromatic carbocycles. The highest BCUT2D eigenvalue weighted by Crippen LogP contribution is 2.19. The van der Waals surface area contributed by atoms with Gasteiger partial charge in [-0.2, -0.15) is 0 Å². The summed E-state index contributed by atoms with van der Waals surface area (Å²) in [5, 5.41) is 0. The van der Waals surface area contributed by atoms with Gasteiger partial charge in [-0.25, -0.2) is 9.79 Å². The van der Waals surface area contributed by atoms with Crippen LogP contribution in [-0.4, -0.2) is 16.9 Å². The van der Waals surface area contributed by atoms with Gasteiger partial charge in [-0.3, -0.25) is 4.98 Å². The Bertz CT molecular complexity index is 701. The fourth-order valence-electron chi connectivity index (χ4n) is 1.85. The zero-order valence-electron chi connectivity index (χ0n) is 10.9. The predicted octanol–water partition coefficient (Wildman–Crippen LogP) is 2.73. The Balaban J connectivity index is 1.93. The number of carbonyl (C=O) groups is 1. The molecule has 1 aliphatic rings. The van der Waals surface area contributed by atoms with E-state index in [1.54, 1.807) is 30.6 Å². The van der Waals surface area contributed by atoms with Gasteiger partial charge in [0.05, 0.1) is 0 Å². The number of pyridine rings is 1. The Hall–Kier alpha value is -2.75. The first-order chi connectivity index (χ1) is 9.72. The van der Waals surface area contributed by atoms with Gasteiger partial charge in [-0.1, -0.05) is 17.7 Å². The molecule has 0 saturated carbocycles. The first-order valence-electron chi connectivity index (χ1n) is 6.22. The molecule has 0 saturated heterocycles. The van der Waals surface area contributed by atoms with Crippen LogP contribution in [0, 0.1) is 6.92 Å². The highest BCUT2D eigenvalue weighted by atomic mass is 16.6. The van der Waals surface area contributed by atoms with E-state index in [1.807, 2.05) is 31.2 Å². The second-order valence-electron chi connectivity index (χ2n) is 4.48. The lowest BCUT2D eigenvalue weighted by atomic mass is 10.1. The van der Waals surface area contributed by atoms with E-state index >= 15 is 0 Å². The number of hydrogen-bond acceptors (Lipinski definition) is 4.